The van der Waals surface area contributed by atoms with E-state index in [1.807, 2.05) is 19.0 Å². The van der Waals surface area contributed by atoms with Gasteiger partial charge in [0.25, 0.3) is 0 Å². The van der Waals surface area contributed by atoms with Crippen LogP contribution in [0.4, 0.5) is 0 Å². The van der Waals surface area contributed by atoms with E-state index >= 15 is 0 Å². The van der Waals surface area contributed by atoms with Gasteiger partial charge in [-0.25, -0.2) is 0 Å². The van der Waals surface area contributed by atoms with Crippen molar-refractivity contribution in [3.05, 3.63) is 11.9 Å². The molecule has 0 radical (unpaired) electrons. The summed E-state index contributed by atoms with van der Waals surface area (Å²) in [5.74, 6) is 0.0520. The summed E-state index contributed by atoms with van der Waals surface area (Å²) in [5, 5.41) is 2.80. The Hall–Kier alpha value is -0.990. The van der Waals surface area contributed by atoms with Crippen LogP contribution < -0.4 is 5.32 Å². The molecule has 0 aliphatic heterocycles. The molecule has 0 aromatic heterocycles. The van der Waals surface area contributed by atoms with Crippen LogP contribution in [-0.2, 0) is 4.79 Å². The van der Waals surface area contributed by atoms with E-state index in [9.17, 15) is 4.79 Å². The van der Waals surface area contributed by atoms with Crippen LogP contribution in [0.25, 0.3) is 0 Å². The molecule has 0 saturated carbocycles. The molecule has 0 atom stereocenters. The Balaban J connectivity index is 4.19. The number of hydrogen-bond acceptors (Lipinski definition) is 3. The van der Waals surface area contributed by atoms with Crippen molar-refractivity contribution < 1.29 is 4.79 Å². The van der Waals surface area contributed by atoms with Gasteiger partial charge in [0.1, 0.15) is 0 Å². The lowest BCUT2D eigenvalue weighted by atomic mass is 10.3. The van der Waals surface area contributed by atoms with E-state index in [1.165, 1.54) is 6.92 Å². The average molecular weight is 142 g/mol. The third kappa shape index (κ3) is 3.12. The summed E-state index contributed by atoms with van der Waals surface area (Å²) in [6.45, 7) is 1.53. The van der Waals surface area contributed by atoms with Crippen molar-refractivity contribution in [3.63, 3.8) is 0 Å². The van der Waals surface area contributed by atoms with Gasteiger partial charge in [-0.15, -0.1) is 0 Å². The zero-order valence-electron chi connectivity index (χ0n) is 6.93. The number of carbonyl (C=O) groups excluding carboxylic acids is 1. The summed E-state index contributed by atoms with van der Waals surface area (Å²) in [7, 11) is 5.48. The molecular weight excluding hydrogens is 128 g/mol. The number of rotatable bonds is 3. The smallest absolute Gasteiger partial charge is 0.177 e. The Morgan fingerprint density at radius 1 is 1.50 bits per heavy atom. The van der Waals surface area contributed by atoms with Gasteiger partial charge in [0, 0.05) is 34.3 Å². The molecule has 0 aromatic rings. The maximum atomic E-state index is 10.8. The van der Waals surface area contributed by atoms with Crippen LogP contribution in [0.1, 0.15) is 6.92 Å². The molecule has 0 aliphatic rings. The molecule has 1 N–H and O–H groups in total. The van der Waals surface area contributed by atoms with Gasteiger partial charge in [0.15, 0.2) is 5.78 Å². The van der Waals surface area contributed by atoms with Crippen LogP contribution in [0.2, 0.25) is 0 Å². The molecule has 3 nitrogen and oxygen atoms in total. The summed E-state index contributed by atoms with van der Waals surface area (Å²) < 4.78 is 0. The largest absolute Gasteiger partial charge is 0.384 e. The topological polar surface area (TPSA) is 32.3 Å². The second kappa shape index (κ2) is 3.93. The molecule has 0 unspecified atom stereocenters. The third-order valence-electron chi connectivity index (χ3n) is 1.04. The Morgan fingerprint density at radius 3 is 2.10 bits per heavy atom. The summed E-state index contributed by atoms with van der Waals surface area (Å²) in [6.07, 6.45) is 1.75. The van der Waals surface area contributed by atoms with Crippen molar-refractivity contribution in [1.29, 1.82) is 0 Å². The summed E-state index contributed by atoms with van der Waals surface area (Å²) in [4.78, 5) is 12.6. The fraction of sp³-hybridized carbons (Fsp3) is 0.571. The molecule has 3 heteroatoms. The van der Waals surface area contributed by atoms with Crippen LogP contribution >= 0.6 is 0 Å². The number of allylic oxidation sites excluding steroid dienone is 1. The SMILES string of the molecule is CN/C(=C/N(C)C)C(C)=O. The summed E-state index contributed by atoms with van der Waals surface area (Å²) in [5.41, 5.74) is 0.630. The van der Waals surface area contributed by atoms with Crippen molar-refractivity contribution in [2.45, 2.75) is 6.92 Å². The molecule has 0 rings (SSSR count). The maximum Gasteiger partial charge on any atom is 0.177 e. The van der Waals surface area contributed by atoms with Gasteiger partial charge in [0.05, 0.1) is 5.70 Å². The standard InChI is InChI=1S/C7H14N2O/c1-6(10)7(8-2)5-9(3)4/h5,8H,1-4H3/b7-5+. The van der Waals surface area contributed by atoms with E-state index in [0.717, 1.165) is 0 Å². The molecule has 58 valence electrons. The van der Waals surface area contributed by atoms with Crippen LogP contribution in [0.15, 0.2) is 11.9 Å². The summed E-state index contributed by atoms with van der Waals surface area (Å²) in [6, 6.07) is 0. The average Bonchev–Trinajstić information content (AvgIpc) is 1.81. The molecule has 0 fully saturated rings. The predicted molar refractivity (Wildman–Crippen MR) is 41.5 cm³/mol. The number of likely N-dealkylation sites (N-methyl/N-ethyl adjacent to an activating group) is 1. The van der Waals surface area contributed by atoms with Gasteiger partial charge in [-0.2, -0.15) is 0 Å². The van der Waals surface area contributed by atoms with Crippen LogP contribution in [0.3, 0.4) is 0 Å². The highest BCUT2D eigenvalue weighted by molar-refractivity contribution is 5.92. The number of hydrogen-bond donors (Lipinski definition) is 1. The van der Waals surface area contributed by atoms with Crippen LogP contribution in [0.5, 0.6) is 0 Å². The molecule has 0 amide bonds. The minimum Gasteiger partial charge on any atom is -0.384 e. The number of ketones is 1. The van der Waals surface area contributed by atoms with E-state index in [0.29, 0.717) is 5.70 Å². The van der Waals surface area contributed by atoms with Crippen molar-refractivity contribution in [2.75, 3.05) is 21.1 Å². The first kappa shape index (κ1) is 9.01. The normalized spacial score (nSPS) is 11.0. The lowest BCUT2D eigenvalue weighted by Gasteiger charge is -2.08. The van der Waals surface area contributed by atoms with Crippen molar-refractivity contribution >= 4 is 5.78 Å². The minimum atomic E-state index is 0.0520. The highest BCUT2D eigenvalue weighted by Gasteiger charge is 1.98. The Kier molecular flexibility index (Phi) is 3.54. The van der Waals surface area contributed by atoms with Crippen molar-refractivity contribution in [3.8, 4) is 0 Å². The molecule has 0 heterocycles. The highest BCUT2D eigenvalue weighted by Crippen LogP contribution is 1.90. The molecule has 0 aliphatic carbocycles. The lowest BCUT2D eigenvalue weighted by Crippen LogP contribution is -2.17. The van der Waals surface area contributed by atoms with Crippen LogP contribution in [-0.4, -0.2) is 31.8 Å². The first-order valence-corrected chi connectivity index (χ1v) is 3.15. The minimum absolute atomic E-state index is 0.0520. The van der Waals surface area contributed by atoms with Gasteiger partial charge in [-0.05, 0) is 0 Å². The van der Waals surface area contributed by atoms with Gasteiger partial charge < -0.3 is 10.2 Å². The number of nitrogens with one attached hydrogen (secondary N) is 1. The quantitative estimate of drug-likeness (QED) is 0.571. The van der Waals surface area contributed by atoms with Gasteiger partial charge in [0.2, 0.25) is 0 Å². The number of Topliss-reactive ketones (excluding diaryl/α,β-unsaturated/α-hetero) is 1. The van der Waals surface area contributed by atoms with E-state index in [4.69, 9.17) is 0 Å². The first-order chi connectivity index (χ1) is 4.57. The van der Waals surface area contributed by atoms with E-state index in [1.54, 1.807) is 13.2 Å². The fourth-order valence-corrected chi connectivity index (χ4v) is 0.590. The Morgan fingerprint density at radius 2 is 2.00 bits per heavy atom. The lowest BCUT2D eigenvalue weighted by molar-refractivity contribution is -0.114. The van der Waals surface area contributed by atoms with E-state index in [2.05, 4.69) is 5.32 Å². The maximum absolute atomic E-state index is 10.8. The van der Waals surface area contributed by atoms with Gasteiger partial charge >= 0.3 is 0 Å². The molecule has 0 spiro atoms. The molecule has 0 saturated heterocycles. The summed E-state index contributed by atoms with van der Waals surface area (Å²) >= 11 is 0. The van der Waals surface area contributed by atoms with E-state index in [-0.39, 0.29) is 5.78 Å². The van der Waals surface area contributed by atoms with Gasteiger partial charge in [-0.1, -0.05) is 0 Å². The third-order valence-corrected chi connectivity index (χ3v) is 1.04. The molecule has 0 bridgehead atoms. The zero-order chi connectivity index (χ0) is 8.15. The van der Waals surface area contributed by atoms with Crippen molar-refractivity contribution in [2.24, 2.45) is 0 Å². The molecule has 0 aromatic carbocycles. The number of nitrogens with zero attached hydrogens (tertiary/aromatic N) is 1. The Labute approximate surface area is 61.7 Å². The monoisotopic (exact) mass is 142 g/mol. The Bertz CT molecular complexity index is 150. The predicted octanol–water partition coefficient (Wildman–Crippen LogP) is 0.198. The van der Waals surface area contributed by atoms with E-state index < -0.39 is 0 Å². The fourth-order valence-electron chi connectivity index (χ4n) is 0.590. The van der Waals surface area contributed by atoms with Gasteiger partial charge in [-0.3, -0.25) is 4.79 Å². The number of carbonyl (C=O) groups is 1. The molecule has 10 heavy (non-hydrogen) atoms. The van der Waals surface area contributed by atoms with Crippen molar-refractivity contribution in [1.82, 2.24) is 10.2 Å². The second-order valence-corrected chi connectivity index (χ2v) is 2.31. The second-order valence-electron chi connectivity index (χ2n) is 2.31. The molecular formula is C7H14N2O. The van der Waals surface area contributed by atoms with Crippen LogP contribution in [0, 0.1) is 0 Å². The highest BCUT2D eigenvalue weighted by atomic mass is 16.1. The zero-order valence-corrected chi connectivity index (χ0v) is 6.93. The first-order valence-electron chi connectivity index (χ1n) is 3.15.